The van der Waals surface area contributed by atoms with Crippen LogP contribution in [-0.2, 0) is 14.3 Å². The van der Waals surface area contributed by atoms with E-state index in [1.54, 1.807) is 18.2 Å². The molecule has 3 aromatic carbocycles. The second-order valence-corrected chi connectivity index (χ2v) is 10.2. The number of phenolic OH excluding ortho intramolecular Hbond substituents is 3. The molecule has 13 heteroatoms. The lowest BCUT2D eigenvalue weighted by molar-refractivity contribution is -0.278. The second-order valence-electron chi connectivity index (χ2n) is 10.2. The predicted octanol–water partition coefficient (Wildman–Crippen LogP) is 1.96. The van der Waals surface area contributed by atoms with Crippen LogP contribution in [0.1, 0.15) is 34.0 Å². The summed E-state index contributed by atoms with van der Waals surface area (Å²) in [6.07, 6.45) is -6.34. The van der Waals surface area contributed by atoms with Crippen molar-refractivity contribution in [2.24, 2.45) is 0 Å². The van der Waals surface area contributed by atoms with Gasteiger partial charge in [0.05, 0.1) is 13.5 Å². The molecule has 2 heterocycles. The quantitative estimate of drug-likeness (QED) is 0.160. The summed E-state index contributed by atoms with van der Waals surface area (Å²) in [4.78, 5) is 25.1. The number of benzene rings is 3. The topological polar surface area (TPSA) is 202 Å². The van der Waals surface area contributed by atoms with Gasteiger partial charge in [0.2, 0.25) is 6.29 Å². The number of hydrogen-bond acceptors (Lipinski definition) is 13. The summed E-state index contributed by atoms with van der Waals surface area (Å²) in [5.41, 5.74) is 1.07. The number of carbonyl (C=O) groups is 2. The van der Waals surface area contributed by atoms with Gasteiger partial charge in [0.1, 0.15) is 65.7 Å². The van der Waals surface area contributed by atoms with E-state index < -0.39 is 60.9 Å². The predicted molar refractivity (Wildman–Crippen MR) is 150 cm³/mol. The molecule has 232 valence electrons. The molecule has 0 aliphatic carbocycles. The highest BCUT2D eigenvalue weighted by Crippen LogP contribution is 2.43. The van der Waals surface area contributed by atoms with Crippen molar-refractivity contribution in [3.05, 3.63) is 77.4 Å². The molecule has 1 fully saturated rings. The van der Waals surface area contributed by atoms with E-state index in [1.807, 2.05) is 0 Å². The zero-order chi connectivity index (χ0) is 31.5. The Labute approximate surface area is 250 Å². The fourth-order valence-electron chi connectivity index (χ4n) is 4.81. The molecule has 13 nitrogen and oxygen atoms in total. The Bertz CT molecular complexity index is 1550. The third-order valence-electron chi connectivity index (χ3n) is 7.16. The van der Waals surface area contributed by atoms with Gasteiger partial charge in [0.25, 0.3) is 0 Å². The van der Waals surface area contributed by atoms with Crippen LogP contribution in [0.2, 0.25) is 0 Å². The molecule has 2 aliphatic heterocycles. The number of aliphatic hydroxyl groups excluding tert-OH is 3. The van der Waals surface area contributed by atoms with E-state index in [1.165, 1.54) is 43.5 Å². The number of fused-ring (bicyclic) bond motifs is 1. The van der Waals surface area contributed by atoms with Crippen LogP contribution in [-0.4, -0.2) is 86.8 Å². The molecule has 3 aromatic rings. The van der Waals surface area contributed by atoms with Crippen LogP contribution in [0.4, 0.5) is 0 Å². The van der Waals surface area contributed by atoms with Crippen molar-refractivity contribution < 1.29 is 63.9 Å². The fourth-order valence-corrected chi connectivity index (χ4v) is 4.81. The standard InChI is InChI=1S/C31H30O13/c1-40-23-10-16(5-8-19(23)33)22-13-21(35)27-20(34)11-18(12-24(27)43-22)42-31-30(39)29(38)28(37)25(44-31)14-41-26(36)9-4-15-2-6-17(32)7-3-15/h2-12,22,25,28-34,37-39H,13-14H2,1H3. The smallest absolute Gasteiger partial charge is 0.330 e. The lowest BCUT2D eigenvalue weighted by atomic mass is 9.95. The number of aromatic hydroxyl groups is 3. The van der Waals surface area contributed by atoms with Crippen LogP contribution in [0.25, 0.3) is 6.08 Å². The number of aliphatic hydroxyl groups is 3. The molecule has 0 aromatic heterocycles. The molecule has 0 radical (unpaired) electrons. The highest BCUT2D eigenvalue weighted by molar-refractivity contribution is 6.02. The average molecular weight is 611 g/mol. The van der Waals surface area contributed by atoms with Gasteiger partial charge in [-0.2, -0.15) is 0 Å². The van der Waals surface area contributed by atoms with Gasteiger partial charge in [-0.05, 0) is 41.5 Å². The fraction of sp³-hybridized carbons (Fsp3) is 0.290. The van der Waals surface area contributed by atoms with Gasteiger partial charge < -0.3 is 54.3 Å². The first-order valence-electron chi connectivity index (χ1n) is 13.5. The van der Waals surface area contributed by atoms with Gasteiger partial charge >= 0.3 is 5.97 Å². The highest BCUT2D eigenvalue weighted by Gasteiger charge is 2.45. The van der Waals surface area contributed by atoms with Crippen molar-refractivity contribution in [3.8, 4) is 34.5 Å². The lowest BCUT2D eigenvalue weighted by Crippen LogP contribution is -2.60. The van der Waals surface area contributed by atoms with Crippen molar-refractivity contribution in [2.75, 3.05) is 13.7 Å². The second kappa shape index (κ2) is 12.8. The first-order valence-corrected chi connectivity index (χ1v) is 13.5. The Morgan fingerprint density at radius 1 is 0.955 bits per heavy atom. The molecule has 6 unspecified atom stereocenters. The van der Waals surface area contributed by atoms with Crippen molar-refractivity contribution in [1.29, 1.82) is 0 Å². The number of carbonyl (C=O) groups excluding carboxylic acids is 2. The number of methoxy groups -OCH3 is 1. The minimum Gasteiger partial charge on any atom is -0.508 e. The monoisotopic (exact) mass is 610 g/mol. The molecule has 6 N–H and O–H groups in total. The normalized spacial score (nSPS) is 24.8. The van der Waals surface area contributed by atoms with Gasteiger partial charge in [-0.15, -0.1) is 0 Å². The lowest BCUT2D eigenvalue weighted by Gasteiger charge is -2.40. The van der Waals surface area contributed by atoms with Crippen LogP contribution in [0, 0.1) is 0 Å². The highest BCUT2D eigenvalue weighted by atomic mass is 16.7. The van der Waals surface area contributed by atoms with E-state index in [9.17, 15) is 40.2 Å². The molecule has 0 bridgehead atoms. The summed E-state index contributed by atoms with van der Waals surface area (Å²) in [7, 11) is 1.38. The number of ketones is 1. The third-order valence-corrected chi connectivity index (χ3v) is 7.16. The largest absolute Gasteiger partial charge is 0.508 e. The first kappa shape index (κ1) is 30.6. The Kier molecular flexibility index (Phi) is 8.92. The first-order chi connectivity index (χ1) is 21.0. The summed E-state index contributed by atoms with van der Waals surface area (Å²) in [5, 5.41) is 61.2. The zero-order valence-electron chi connectivity index (χ0n) is 23.3. The van der Waals surface area contributed by atoms with Gasteiger partial charge in [0, 0.05) is 18.2 Å². The molecule has 1 saturated heterocycles. The van der Waals surface area contributed by atoms with Crippen molar-refractivity contribution >= 4 is 17.8 Å². The van der Waals surface area contributed by atoms with E-state index in [-0.39, 0.29) is 40.7 Å². The Morgan fingerprint density at radius 2 is 1.70 bits per heavy atom. The molecule has 0 spiro atoms. The maximum absolute atomic E-state index is 12.9. The Hall–Kier alpha value is -4.82. The van der Waals surface area contributed by atoms with Crippen LogP contribution >= 0.6 is 0 Å². The molecule has 0 amide bonds. The van der Waals surface area contributed by atoms with Gasteiger partial charge in [-0.1, -0.05) is 18.2 Å². The summed E-state index contributed by atoms with van der Waals surface area (Å²) >= 11 is 0. The molecular formula is C31H30O13. The SMILES string of the molecule is COc1cc(C2CC(=O)c3c(O)cc(OC4OC(COC(=O)C=Cc5ccc(O)cc5)C(O)C(O)C4O)cc3O2)ccc1O. The number of esters is 1. The molecule has 5 rings (SSSR count). The van der Waals surface area contributed by atoms with Gasteiger partial charge in [0.15, 0.2) is 17.3 Å². The summed E-state index contributed by atoms with van der Waals surface area (Å²) in [5.74, 6) is -1.62. The summed E-state index contributed by atoms with van der Waals surface area (Å²) in [6, 6.07) is 12.9. The third kappa shape index (κ3) is 6.55. The molecule has 2 aliphatic rings. The minimum atomic E-state index is -1.75. The van der Waals surface area contributed by atoms with E-state index in [4.69, 9.17) is 23.7 Å². The number of ether oxygens (including phenoxy) is 5. The molecule has 0 saturated carbocycles. The van der Waals surface area contributed by atoms with E-state index >= 15 is 0 Å². The maximum Gasteiger partial charge on any atom is 0.330 e. The number of hydrogen-bond donors (Lipinski definition) is 6. The minimum absolute atomic E-state index is 0.0231. The molecular weight excluding hydrogens is 580 g/mol. The van der Waals surface area contributed by atoms with Crippen LogP contribution in [0.5, 0.6) is 34.5 Å². The van der Waals surface area contributed by atoms with Crippen molar-refractivity contribution in [2.45, 2.75) is 43.2 Å². The Balaban J connectivity index is 1.28. The summed E-state index contributed by atoms with van der Waals surface area (Å²) < 4.78 is 27.5. The van der Waals surface area contributed by atoms with Gasteiger partial charge in [-0.25, -0.2) is 4.79 Å². The van der Waals surface area contributed by atoms with Crippen molar-refractivity contribution in [3.63, 3.8) is 0 Å². The van der Waals surface area contributed by atoms with E-state index in [0.29, 0.717) is 11.1 Å². The van der Waals surface area contributed by atoms with E-state index in [2.05, 4.69) is 0 Å². The number of phenols is 3. The Morgan fingerprint density at radius 3 is 2.43 bits per heavy atom. The molecule has 6 atom stereocenters. The van der Waals surface area contributed by atoms with Gasteiger partial charge in [-0.3, -0.25) is 4.79 Å². The summed E-state index contributed by atoms with van der Waals surface area (Å²) in [6.45, 7) is -0.506. The van der Waals surface area contributed by atoms with Crippen LogP contribution < -0.4 is 14.2 Å². The van der Waals surface area contributed by atoms with Crippen LogP contribution in [0.3, 0.4) is 0 Å². The molecule has 44 heavy (non-hydrogen) atoms. The number of Topliss-reactive ketones (excluding diaryl/α,β-unsaturated/α-hetero) is 1. The maximum atomic E-state index is 12.9. The van der Waals surface area contributed by atoms with Crippen molar-refractivity contribution in [1.82, 2.24) is 0 Å². The average Bonchev–Trinajstić information content (AvgIpc) is 3.00. The zero-order valence-corrected chi connectivity index (χ0v) is 23.3. The van der Waals surface area contributed by atoms with Crippen LogP contribution in [0.15, 0.2) is 60.7 Å². The van der Waals surface area contributed by atoms with E-state index in [0.717, 1.165) is 12.1 Å². The number of rotatable bonds is 8.